The highest BCUT2D eigenvalue weighted by Crippen LogP contribution is 2.69. The lowest BCUT2D eigenvalue weighted by atomic mass is 9.77. The second-order valence-corrected chi connectivity index (χ2v) is 6.52. The Morgan fingerprint density at radius 3 is 2.59 bits per heavy atom. The van der Waals surface area contributed by atoms with E-state index in [-0.39, 0.29) is 17.6 Å². The number of nitrogens with zero attached hydrogens (tertiary/aromatic N) is 1. The van der Waals surface area contributed by atoms with Gasteiger partial charge in [-0.2, -0.15) is 5.26 Å². The average Bonchev–Trinajstić information content (AvgIpc) is 3.20. The standard InChI is InChI=1S/C20H17NO/c1-13-6-8-15(9-7-13)18-17(12-21)20(18)11-10-14-4-2-3-5-16(14)19(20)22/h2-9,17-18H,10-11H2,1H3. The minimum atomic E-state index is -0.488. The van der Waals surface area contributed by atoms with Crippen LogP contribution in [-0.2, 0) is 6.42 Å². The van der Waals surface area contributed by atoms with Crippen molar-refractivity contribution in [2.24, 2.45) is 11.3 Å². The zero-order chi connectivity index (χ0) is 15.3. The predicted octanol–water partition coefficient (Wildman–Crippen LogP) is 4.05. The number of hydrogen-bond acceptors (Lipinski definition) is 2. The summed E-state index contributed by atoms with van der Waals surface area (Å²) in [5.74, 6) is 0.0430. The summed E-state index contributed by atoms with van der Waals surface area (Å²) in [5, 5.41) is 9.57. The molecule has 1 saturated carbocycles. The molecule has 1 fully saturated rings. The summed E-state index contributed by atoms with van der Waals surface area (Å²) in [6.45, 7) is 2.05. The third-order valence-corrected chi connectivity index (χ3v) is 5.40. The molecule has 0 saturated heterocycles. The van der Waals surface area contributed by atoms with Gasteiger partial charge in [0.2, 0.25) is 0 Å². The van der Waals surface area contributed by atoms with E-state index in [1.165, 1.54) is 5.56 Å². The second kappa shape index (κ2) is 4.55. The van der Waals surface area contributed by atoms with Gasteiger partial charge in [0.15, 0.2) is 5.78 Å². The number of Topliss-reactive ketones (excluding diaryl/α,β-unsaturated/α-hetero) is 1. The molecule has 2 aromatic rings. The monoisotopic (exact) mass is 287 g/mol. The molecule has 3 unspecified atom stereocenters. The number of carbonyl (C=O) groups is 1. The molecular formula is C20H17NO. The highest BCUT2D eigenvalue weighted by molar-refractivity contribution is 6.06. The van der Waals surface area contributed by atoms with Gasteiger partial charge in [-0.05, 0) is 30.9 Å². The fourth-order valence-electron chi connectivity index (χ4n) is 4.15. The van der Waals surface area contributed by atoms with Crippen LogP contribution in [0.1, 0.15) is 39.4 Å². The van der Waals surface area contributed by atoms with Crippen molar-refractivity contribution >= 4 is 5.78 Å². The van der Waals surface area contributed by atoms with Gasteiger partial charge in [-0.3, -0.25) is 4.79 Å². The largest absolute Gasteiger partial charge is 0.293 e. The van der Waals surface area contributed by atoms with Gasteiger partial charge in [0.25, 0.3) is 0 Å². The summed E-state index contributed by atoms with van der Waals surface area (Å²) < 4.78 is 0. The van der Waals surface area contributed by atoms with Gasteiger partial charge in [0.05, 0.1) is 17.4 Å². The van der Waals surface area contributed by atoms with Crippen LogP contribution in [0, 0.1) is 29.6 Å². The van der Waals surface area contributed by atoms with E-state index in [1.54, 1.807) is 0 Å². The molecular weight excluding hydrogens is 270 g/mol. The summed E-state index contributed by atoms with van der Waals surface area (Å²) in [6.07, 6.45) is 1.68. The number of benzene rings is 2. The van der Waals surface area contributed by atoms with E-state index in [4.69, 9.17) is 0 Å². The van der Waals surface area contributed by atoms with E-state index in [0.29, 0.717) is 0 Å². The van der Waals surface area contributed by atoms with Gasteiger partial charge < -0.3 is 0 Å². The number of aryl methyl sites for hydroxylation is 2. The predicted molar refractivity (Wildman–Crippen MR) is 84.5 cm³/mol. The van der Waals surface area contributed by atoms with Crippen LogP contribution in [0.4, 0.5) is 0 Å². The van der Waals surface area contributed by atoms with E-state index in [9.17, 15) is 10.1 Å². The molecule has 2 aliphatic carbocycles. The van der Waals surface area contributed by atoms with Gasteiger partial charge in [0.1, 0.15) is 0 Å². The minimum Gasteiger partial charge on any atom is -0.293 e. The Kier molecular flexibility index (Phi) is 2.74. The zero-order valence-electron chi connectivity index (χ0n) is 12.5. The lowest BCUT2D eigenvalue weighted by Crippen LogP contribution is -2.26. The number of nitriles is 1. The topological polar surface area (TPSA) is 40.9 Å². The quantitative estimate of drug-likeness (QED) is 0.794. The molecule has 0 bridgehead atoms. The van der Waals surface area contributed by atoms with Crippen LogP contribution < -0.4 is 0 Å². The highest BCUT2D eigenvalue weighted by Gasteiger charge is 2.70. The Balaban J connectivity index is 1.77. The molecule has 4 rings (SSSR count). The molecule has 22 heavy (non-hydrogen) atoms. The molecule has 0 amide bonds. The fraction of sp³-hybridized carbons (Fsp3) is 0.300. The van der Waals surface area contributed by atoms with Gasteiger partial charge >= 0.3 is 0 Å². The van der Waals surface area contributed by atoms with E-state index in [1.807, 2.05) is 24.3 Å². The van der Waals surface area contributed by atoms with Crippen LogP contribution in [-0.4, -0.2) is 5.78 Å². The number of hydrogen-bond donors (Lipinski definition) is 0. The first-order valence-corrected chi connectivity index (χ1v) is 7.77. The van der Waals surface area contributed by atoms with Gasteiger partial charge in [-0.15, -0.1) is 0 Å². The molecule has 0 aromatic heterocycles. The van der Waals surface area contributed by atoms with Crippen molar-refractivity contribution < 1.29 is 4.79 Å². The van der Waals surface area contributed by atoms with Gasteiger partial charge in [0, 0.05) is 11.5 Å². The third kappa shape index (κ3) is 1.63. The van der Waals surface area contributed by atoms with Crippen LogP contribution in [0.15, 0.2) is 48.5 Å². The van der Waals surface area contributed by atoms with Gasteiger partial charge in [-0.25, -0.2) is 0 Å². The van der Waals surface area contributed by atoms with Crippen molar-refractivity contribution in [3.05, 3.63) is 70.8 Å². The van der Waals surface area contributed by atoms with E-state index in [0.717, 1.165) is 29.5 Å². The molecule has 0 aliphatic heterocycles. The van der Waals surface area contributed by atoms with Crippen LogP contribution in [0.2, 0.25) is 0 Å². The maximum absolute atomic E-state index is 13.1. The van der Waals surface area contributed by atoms with E-state index < -0.39 is 5.41 Å². The molecule has 3 atom stereocenters. The van der Waals surface area contributed by atoms with Crippen molar-refractivity contribution in [1.29, 1.82) is 5.26 Å². The van der Waals surface area contributed by atoms with Crippen molar-refractivity contribution in [2.75, 3.05) is 0 Å². The second-order valence-electron chi connectivity index (χ2n) is 6.52. The Bertz CT molecular complexity index is 799. The average molecular weight is 287 g/mol. The lowest BCUT2D eigenvalue weighted by molar-refractivity contribution is 0.0867. The maximum Gasteiger partial charge on any atom is 0.171 e. The first-order valence-electron chi connectivity index (χ1n) is 7.77. The fourth-order valence-corrected chi connectivity index (χ4v) is 4.15. The van der Waals surface area contributed by atoms with Crippen LogP contribution in [0.3, 0.4) is 0 Å². The summed E-state index contributed by atoms with van der Waals surface area (Å²) >= 11 is 0. The molecule has 2 nitrogen and oxygen atoms in total. The molecule has 1 spiro atoms. The Morgan fingerprint density at radius 2 is 1.86 bits per heavy atom. The lowest BCUT2D eigenvalue weighted by Gasteiger charge is -2.24. The SMILES string of the molecule is Cc1ccc(C2C(C#N)C23CCc2ccccc2C3=O)cc1. The Hall–Kier alpha value is -2.40. The normalized spacial score (nSPS) is 29.0. The molecule has 2 heteroatoms. The Morgan fingerprint density at radius 1 is 1.14 bits per heavy atom. The molecule has 0 radical (unpaired) electrons. The highest BCUT2D eigenvalue weighted by atomic mass is 16.1. The van der Waals surface area contributed by atoms with Gasteiger partial charge in [-0.1, -0.05) is 54.1 Å². The first kappa shape index (κ1) is 13.3. The molecule has 0 N–H and O–H groups in total. The molecule has 2 aliphatic rings. The van der Waals surface area contributed by atoms with Crippen LogP contribution in [0.25, 0.3) is 0 Å². The van der Waals surface area contributed by atoms with Crippen molar-refractivity contribution in [3.8, 4) is 6.07 Å². The minimum absolute atomic E-state index is 0.0546. The number of carbonyl (C=O) groups excluding carboxylic acids is 1. The number of fused-ring (bicyclic) bond motifs is 1. The molecule has 0 heterocycles. The number of ketones is 1. The summed E-state index contributed by atoms with van der Waals surface area (Å²) in [6, 6.07) is 18.5. The molecule has 108 valence electrons. The smallest absolute Gasteiger partial charge is 0.171 e. The summed E-state index contributed by atoms with van der Waals surface area (Å²) in [5.41, 5.74) is 3.79. The molecule has 2 aromatic carbocycles. The van der Waals surface area contributed by atoms with Crippen molar-refractivity contribution in [1.82, 2.24) is 0 Å². The van der Waals surface area contributed by atoms with Crippen LogP contribution in [0.5, 0.6) is 0 Å². The zero-order valence-corrected chi connectivity index (χ0v) is 12.5. The van der Waals surface area contributed by atoms with E-state index in [2.05, 4.69) is 37.3 Å². The first-order chi connectivity index (χ1) is 10.7. The summed E-state index contributed by atoms with van der Waals surface area (Å²) in [7, 11) is 0. The summed E-state index contributed by atoms with van der Waals surface area (Å²) in [4.78, 5) is 13.1. The van der Waals surface area contributed by atoms with Crippen LogP contribution >= 0.6 is 0 Å². The van der Waals surface area contributed by atoms with E-state index >= 15 is 0 Å². The third-order valence-electron chi connectivity index (χ3n) is 5.40. The van der Waals surface area contributed by atoms with Crippen molar-refractivity contribution in [2.45, 2.75) is 25.7 Å². The Labute approximate surface area is 130 Å². The maximum atomic E-state index is 13.1. The van der Waals surface area contributed by atoms with Crippen molar-refractivity contribution in [3.63, 3.8) is 0 Å². The number of rotatable bonds is 1.